The summed E-state index contributed by atoms with van der Waals surface area (Å²) in [4.78, 5) is 11.7. The number of piperidine rings is 1. The number of fused-ring (bicyclic) bond motifs is 1. The van der Waals surface area contributed by atoms with E-state index in [1.807, 2.05) is 25.3 Å². The van der Waals surface area contributed by atoms with Crippen LogP contribution in [-0.2, 0) is 6.18 Å². The molecule has 0 amide bonds. The second-order valence-electron chi connectivity index (χ2n) is 8.44. The van der Waals surface area contributed by atoms with E-state index in [2.05, 4.69) is 42.8 Å². The fourth-order valence-electron chi connectivity index (χ4n) is 4.55. The molecule has 1 aromatic carbocycles. The summed E-state index contributed by atoms with van der Waals surface area (Å²) in [5, 5.41) is 10.0. The van der Waals surface area contributed by atoms with Gasteiger partial charge in [0.1, 0.15) is 11.6 Å². The minimum atomic E-state index is -4.45. The van der Waals surface area contributed by atoms with Gasteiger partial charge in [0.15, 0.2) is 5.65 Å². The number of halogens is 5. The summed E-state index contributed by atoms with van der Waals surface area (Å²) in [7, 11) is 0. The van der Waals surface area contributed by atoms with Gasteiger partial charge in [0, 0.05) is 34.1 Å². The smallest absolute Gasteiger partial charge is 0.356 e. The predicted octanol–water partition coefficient (Wildman–Crippen LogP) is 7.02. The van der Waals surface area contributed by atoms with Crippen LogP contribution in [0, 0.1) is 38.0 Å². The van der Waals surface area contributed by atoms with Crippen LogP contribution in [0.4, 0.5) is 19.0 Å². The Morgan fingerprint density at radius 3 is 2.42 bits per heavy atom. The maximum Gasteiger partial charge on any atom is 0.416 e. The summed E-state index contributed by atoms with van der Waals surface area (Å²) < 4.78 is 42.5. The molecular formula is C23H22Br2F3N5. The zero-order chi connectivity index (χ0) is 24.1. The van der Waals surface area contributed by atoms with Crippen molar-refractivity contribution < 1.29 is 13.2 Å². The maximum atomic E-state index is 13.3. The van der Waals surface area contributed by atoms with E-state index in [-0.39, 0.29) is 5.92 Å². The molecule has 1 aliphatic rings. The lowest BCUT2D eigenvalue weighted by Crippen LogP contribution is -2.36. The van der Waals surface area contributed by atoms with E-state index < -0.39 is 11.7 Å². The van der Waals surface area contributed by atoms with Crippen LogP contribution in [0.15, 0.2) is 21.1 Å². The highest BCUT2D eigenvalue weighted by Crippen LogP contribution is 2.42. The third-order valence-corrected chi connectivity index (χ3v) is 7.42. The van der Waals surface area contributed by atoms with Gasteiger partial charge in [0.2, 0.25) is 0 Å². The predicted molar refractivity (Wildman–Crippen MR) is 129 cm³/mol. The quantitative estimate of drug-likeness (QED) is 0.332. The molecule has 2 aromatic heterocycles. The van der Waals surface area contributed by atoms with Gasteiger partial charge in [-0.05, 0) is 89.1 Å². The van der Waals surface area contributed by atoms with Crippen molar-refractivity contribution in [2.24, 2.45) is 5.92 Å². The van der Waals surface area contributed by atoms with Crippen LogP contribution in [0.25, 0.3) is 16.7 Å². The average molecular weight is 585 g/mol. The van der Waals surface area contributed by atoms with E-state index >= 15 is 0 Å². The molecule has 1 unspecified atom stereocenters. The lowest BCUT2D eigenvalue weighted by atomic mass is 9.95. The van der Waals surface area contributed by atoms with Gasteiger partial charge in [-0.15, -0.1) is 0 Å². The molecule has 1 saturated heterocycles. The molecule has 5 nitrogen and oxygen atoms in total. The number of anilines is 1. The maximum absolute atomic E-state index is 13.3. The Bertz CT molecular complexity index is 1250. The standard InChI is InChI=1S/C23H22Br2F3N5/c1-12-13(2)33(20-17(24)9-16(10-18(20)25)23(26,27)28)22-19(12)21(30-14(3)31-22)32-8-4-5-15(11-32)6-7-29/h9-10,15H,4-6,8,11H2,1-3H3. The Kier molecular flexibility index (Phi) is 6.49. The first-order valence-corrected chi connectivity index (χ1v) is 12.2. The van der Waals surface area contributed by atoms with Gasteiger partial charge in [0.05, 0.1) is 22.7 Å². The van der Waals surface area contributed by atoms with Gasteiger partial charge in [0.25, 0.3) is 0 Å². The highest BCUT2D eigenvalue weighted by atomic mass is 79.9. The first kappa shape index (κ1) is 24.0. The number of nitriles is 1. The van der Waals surface area contributed by atoms with Gasteiger partial charge in [-0.1, -0.05) is 0 Å². The number of rotatable bonds is 3. The van der Waals surface area contributed by atoms with Crippen molar-refractivity contribution in [3.05, 3.63) is 43.7 Å². The molecular weight excluding hydrogens is 563 g/mol. The van der Waals surface area contributed by atoms with Crippen molar-refractivity contribution in [3.8, 4) is 11.8 Å². The average Bonchev–Trinajstić information content (AvgIpc) is 2.97. The van der Waals surface area contributed by atoms with Crippen LogP contribution in [0.5, 0.6) is 0 Å². The molecule has 33 heavy (non-hydrogen) atoms. The van der Waals surface area contributed by atoms with E-state index in [9.17, 15) is 13.2 Å². The van der Waals surface area contributed by atoms with E-state index in [1.165, 1.54) is 0 Å². The topological polar surface area (TPSA) is 57.7 Å². The third-order valence-electron chi connectivity index (χ3n) is 6.21. The van der Waals surface area contributed by atoms with Crippen molar-refractivity contribution in [2.45, 2.75) is 46.2 Å². The Morgan fingerprint density at radius 1 is 1.15 bits per heavy atom. The first-order chi connectivity index (χ1) is 15.5. The molecule has 174 valence electrons. The molecule has 3 heterocycles. The summed E-state index contributed by atoms with van der Waals surface area (Å²) in [6.45, 7) is 7.32. The largest absolute Gasteiger partial charge is 0.416 e. The molecule has 10 heteroatoms. The number of nitrogens with zero attached hydrogens (tertiary/aromatic N) is 5. The molecule has 3 aromatic rings. The highest BCUT2D eigenvalue weighted by Gasteiger charge is 2.33. The zero-order valence-electron chi connectivity index (χ0n) is 18.4. The minimum absolute atomic E-state index is 0.288. The fourth-order valence-corrected chi connectivity index (χ4v) is 6.09. The lowest BCUT2D eigenvalue weighted by molar-refractivity contribution is -0.137. The van der Waals surface area contributed by atoms with Crippen LogP contribution in [0.2, 0.25) is 0 Å². The number of hydrogen-bond donors (Lipinski definition) is 0. The number of aryl methyl sites for hydroxylation is 2. The van der Waals surface area contributed by atoms with E-state index in [4.69, 9.17) is 15.2 Å². The molecule has 0 saturated carbocycles. The van der Waals surface area contributed by atoms with Gasteiger partial charge in [-0.3, -0.25) is 4.57 Å². The number of aromatic nitrogens is 3. The van der Waals surface area contributed by atoms with Crippen LogP contribution >= 0.6 is 31.9 Å². The Balaban J connectivity index is 1.93. The van der Waals surface area contributed by atoms with Crippen LogP contribution in [-0.4, -0.2) is 27.6 Å². The normalized spacial score (nSPS) is 16.9. The highest BCUT2D eigenvalue weighted by molar-refractivity contribution is 9.11. The molecule has 0 N–H and O–H groups in total. The third kappa shape index (κ3) is 4.37. The van der Waals surface area contributed by atoms with Gasteiger partial charge in [-0.2, -0.15) is 18.4 Å². The summed E-state index contributed by atoms with van der Waals surface area (Å²) in [5.74, 6) is 1.69. The van der Waals surface area contributed by atoms with Crippen molar-refractivity contribution in [1.82, 2.24) is 14.5 Å². The molecule has 1 atom stereocenters. The van der Waals surface area contributed by atoms with Crippen molar-refractivity contribution in [3.63, 3.8) is 0 Å². The van der Waals surface area contributed by atoms with Crippen LogP contribution in [0.3, 0.4) is 0 Å². The SMILES string of the molecule is Cc1nc(N2CCCC(CC#N)C2)c2c(C)c(C)n(-c3c(Br)cc(C(F)(F)F)cc3Br)c2n1. The molecule has 1 aliphatic heterocycles. The molecule has 4 rings (SSSR count). The summed E-state index contributed by atoms with van der Waals surface area (Å²) in [5.41, 5.74) is 2.32. The Hall–Kier alpha value is -2.12. The fraction of sp³-hybridized carbons (Fsp3) is 0.435. The van der Waals surface area contributed by atoms with Gasteiger partial charge >= 0.3 is 6.18 Å². The Morgan fingerprint density at radius 2 is 1.82 bits per heavy atom. The van der Waals surface area contributed by atoms with Crippen molar-refractivity contribution >= 4 is 48.7 Å². The number of benzene rings is 1. The van der Waals surface area contributed by atoms with E-state index in [0.29, 0.717) is 32.5 Å². The summed E-state index contributed by atoms with van der Waals surface area (Å²) in [6, 6.07) is 4.46. The summed E-state index contributed by atoms with van der Waals surface area (Å²) >= 11 is 6.72. The zero-order valence-corrected chi connectivity index (χ0v) is 21.6. The van der Waals surface area contributed by atoms with Crippen molar-refractivity contribution in [1.29, 1.82) is 5.26 Å². The molecule has 0 aliphatic carbocycles. The minimum Gasteiger partial charge on any atom is -0.356 e. The van der Waals surface area contributed by atoms with E-state index in [0.717, 1.165) is 60.5 Å². The second kappa shape index (κ2) is 8.91. The lowest BCUT2D eigenvalue weighted by Gasteiger charge is -2.33. The van der Waals surface area contributed by atoms with Crippen LogP contribution in [0.1, 0.15) is 41.9 Å². The molecule has 1 fully saturated rings. The number of alkyl halides is 3. The number of hydrogen-bond acceptors (Lipinski definition) is 4. The van der Waals surface area contributed by atoms with Crippen molar-refractivity contribution in [2.75, 3.05) is 18.0 Å². The molecule has 0 spiro atoms. The monoisotopic (exact) mass is 583 g/mol. The van der Waals surface area contributed by atoms with Gasteiger partial charge in [-0.25, -0.2) is 9.97 Å². The molecule has 0 radical (unpaired) electrons. The first-order valence-electron chi connectivity index (χ1n) is 10.6. The Labute approximate surface area is 206 Å². The second-order valence-corrected chi connectivity index (χ2v) is 10.2. The van der Waals surface area contributed by atoms with Crippen LogP contribution < -0.4 is 4.90 Å². The van der Waals surface area contributed by atoms with Gasteiger partial charge < -0.3 is 4.90 Å². The molecule has 0 bridgehead atoms. The summed E-state index contributed by atoms with van der Waals surface area (Å²) in [6.07, 6.45) is -1.95. The van der Waals surface area contributed by atoms with E-state index in [1.54, 1.807) is 0 Å².